The number of carbonyl (C=O) groups excluding carboxylic acids is 2. The van der Waals surface area contributed by atoms with Crippen molar-refractivity contribution in [1.82, 2.24) is 10.6 Å². The Hall–Kier alpha value is -4.17. The van der Waals surface area contributed by atoms with E-state index in [1.54, 1.807) is 26.0 Å². The SMILES string of the molecule is CCOC(=O)[C@@H](C)Oc1ccc([C@H]2NC(=S)NC(c3ccccc3)=C2C(=O)Nc2ccc(C)cc2)cc1. The van der Waals surface area contributed by atoms with Gasteiger partial charge >= 0.3 is 5.97 Å². The van der Waals surface area contributed by atoms with E-state index in [1.807, 2.05) is 73.7 Å². The second-order valence-electron chi connectivity index (χ2n) is 8.59. The van der Waals surface area contributed by atoms with Gasteiger partial charge in [0, 0.05) is 5.69 Å². The molecule has 0 aromatic heterocycles. The van der Waals surface area contributed by atoms with Crippen molar-refractivity contribution in [2.24, 2.45) is 0 Å². The van der Waals surface area contributed by atoms with Crippen LogP contribution < -0.4 is 20.7 Å². The molecule has 3 aromatic rings. The highest BCUT2D eigenvalue weighted by atomic mass is 32.1. The monoisotopic (exact) mass is 515 g/mol. The molecule has 0 saturated heterocycles. The number of benzene rings is 3. The molecule has 0 saturated carbocycles. The van der Waals surface area contributed by atoms with Crippen molar-refractivity contribution in [1.29, 1.82) is 0 Å². The van der Waals surface area contributed by atoms with Gasteiger partial charge in [0.15, 0.2) is 11.2 Å². The minimum Gasteiger partial charge on any atom is -0.479 e. The lowest BCUT2D eigenvalue weighted by molar-refractivity contribution is -0.150. The fraction of sp³-hybridized carbons (Fsp3) is 0.207. The highest BCUT2D eigenvalue weighted by molar-refractivity contribution is 7.80. The summed E-state index contributed by atoms with van der Waals surface area (Å²) in [7, 11) is 0. The van der Waals surface area contributed by atoms with Crippen molar-refractivity contribution in [3.05, 3.63) is 101 Å². The van der Waals surface area contributed by atoms with E-state index in [-0.39, 0.29) is 12.5 Å². The molecule has 0 radical (unpaired) electrons. The molecule has 0 unspecified atom stereocenters. The number of aryl methyl sites for hydroxylation is 1. The third kappa shape index (κ3) is 6.34. The molecule has 4 rings (SSSR count). The standard InChI is InChI=1S/C29H29N3O4S/c1-4-35-28(34)19(3)36-23-16-12-21(13-17-23)26-24(27(33)30-22-14-10-18(2)11-15-22)25(31-29(37)32-26)20-8-6-5-7-9-20/h5-17,19,26H,4H2,1-3H3,(H,30,33)(H2,31,32,37)/t19-,26-/m1/s1. The number of amides is 1. The minimum absolute atomic E-state index is 0.258. The zero-order chi connectivity index (χ0) is 26.4. The second kappa shape index (κ2) is 11.7. The number of rotatable bonds is 8. The summed E-state index contributed by atoms with van der Waals surface area (Å²) in [6.07, 6.45) is -0.740. The maximum atomic E-state index is 13.7. The molecule has 7 nitrogen and oxygen atoms in total. The number of anilines is 1. The van der Waals surface area contributed by atoms with Crippen LogP contribution >= 0.6 is 12.2 Å². The van der Waals surface area contributed by atoms with Crippen LogP contribution in [0.1, 0.15) is 36.6 Å². The van der Waals surface area contributed by atoms with Crippen LogP contribution in [0.4, 0.5) is 5.69 Å². The van der Waals surface area contributed by atoms with E-state index < -0.39 is 18.1 Å². The molecule has 190 valence electrons. The van der Waals surface area contributed by atoms with Crippen molar-refractivity contribution in [3.63, 3.8) is 0 Å². The van der Waals surface area contributed by atoms with Gasteiger partial charge < -0.3 is 25.4 Å². The Morgan fingerprint density at radius 3 is 2.32 bits per heavy atom. The molecule has 0 aliphatic carbocycles. The highest BCUT2D eigenvalue weighted by Crippen LogP contribution is 2.33. The predicted octanol–water partition coefficient (Wildman–Crippen LogP) is 4.89. The van der Waals surface area contributed by atoms with E-state index in [9.17, 15) is 9.59 Å². The third-order valence-corrected chi connectivity index (χ3v) is 6.05. The average molecular weight is 516 g/mol. The first-order valence-corrected chi connectivity index (χ1v) is 12.4. The normalized spacial score (nSPS) is 15.8. The first-order valence-electron chi connectivity index (χ1n) is 12.0. The largest absolute Gasteiger partial charge is 0.479 e. The van der Waals surface area contributed by atoms with Crippen LogP contribution in [0.3, 0.4) is 0 Å². The van der Waals surface area contributed by atoms with Crippen LogP contribution in [-0.4, -0.2) is 29.7 Å². The fourth-order valence-electron chi connectivity index (χ4n) is 3.98. The highest BCUT2D eigenvalue weighted by Gasteiger charge is 2.32. The average Bonchev–Trinajstić information content (AvgIpc) is 2.90. The van der Waals surface area contributed by atoms with E-state index in [0.29, 0.717) is 27.8 Å². The van der Waals surface area contributed by atoms with Crippen LogP contribution in [-0.2, 0) is 14.3 Å². The Morgan fingerprint density at radius 2 is 1.68 bits per heavy atom. The Kier molecular flexibility index (Phi) is 8.20. The summed E-state index contributed by atoms with van der Waals surface area (Å²) < 4.78 is 10.7. The van der Waals surface area contributed by atoms with Gasteiger partial charge in [0.25, 0.3) is 5.91 Å². The van der Waals surface area contributed by atoms with Crippen LogP contribution in [0, 0.1) is 6.92 Å². The summed E-state index contributed by atoms with van der Waals surface area (Å²) >= 11 is 5.52. The van der Waals surface area contributed by atoms with Crippen molar-refractivity contribution in [2.45, 2.75) is 32.9 Å². The summed E-state index contributed by atoms with van der Waals surface area (Å²) in [5.74, 6) is -0.173. The topological polar surface area (TPSA) is 88.7 Å². The van der Waals surface area contributed by atoms with Gasteiger partial charge in [0.05, 0.1) is 23.9 Å². The van der Waals surface area contributed by atoms with Gasteiger partial charge in [-0.3, -0.25) is 4.79 Å². The zero-order valence-corrected chi connectivity index (χ0v) is 21.7. The van der Waals surface area contributed by atoms with E-state index in [0.717, 1.165) is 16.7 Å². The second-order valence-corrected chi connectivity index (χ2v) is 9.00. The smallest absolute Gasteiger partial charge is 0.347 e. The molecular weight excluding hydrogens is 486 g/mol. The quantitative estimate of drug-likeness (QED) is 0.291. The van der Waals surface area contributed by atoms with Crippen LogP contribution in [0.2, 0.25) is 0 Å². The summed E-state index contributed by atoms with van der Waals surface area (Å²) in [5.41, 5.74) is 4.57. The van der Waals surface area contributed by atoms with Gasteiger partial charge in [-0.15, -0.1) is 0 Å². The Bertz CT molecular complexity index is 1310. The Labute approximate surface area is 221 Å². The van der Waals surface area contributed by atoms with E-state index >= 15 is 0 Å². The van der Waals surface area contributed by atoms with E-state index in [1.165, 1.54) is 0 Å². The molecule has 1 aliphatic heterocycles. The summed E-state index contributed by atoms with van der Waals surface area (Å²) in [4.78, 5) is 25.6. The maximum absolute atomic E-state index is 13.7. The van der Waals surface area contributed by atoms with Crippen molar-refractivity contribution in [2.75, 3.05) is 11.9 Å². The Morgan fingerprint density at radius 1 is 1.00 bits per heavy atom. The molecule has 1 aliphatic rings. The number of nitrogens with one attached hydrogen (secondary N) is 3. The lowest BCUT2D eigenvalue weighted by Crippen LogP contribution is -2.45. The molecule has 0 fully saturated rings. The molecular formula is C29H29N3O4S. The Balaban J connectivity index is 1.69. The number of thiocarbonyl (C=S) groups is 1. The van der Waals surface area contributed by atoms with Gasteiger partial charge in [0.2, 0.25) is 0 Å². The number of esters is 1. The molecule has 1 heterocycles. The van der Waals surface area contributed by atoms with E-state index in [2.05, 4.69) is 16.0 Å². The maximum Gasteiger partial charge on any atom is 0.347 e. The number of hydrogen-bond donors (Lipinski definition) is 3. The first-order chi connectivity index (χ1) is 17.9. The molecule has 3 N–H and O–H groups in total. The third-order valence-electron chi connectivity index (χ3n) is 5.83. The number of ether oxygens (including phenoxy) is 2. The van der Waals surface area contributed by atoms with Crippen LogP contribution in [0.5, 0.6) is 5.75 Å². The molecule has 37 heavy (non-hydrogen) atoms. The number of carbonyl (C=O) groups is 2. The molecule has 0 bridgehead atoms. The molecule has 1 amide bonds. The first kappa shape index (κ1) is 25.9. The summed E-state index contributed by atoms with van der Waals surface area (Å²) in [6, 6.07) is 23.9. The van der Waals surface area contributed by atoms with Crippen molar-refractivity contribution >= 4 is 40.6 Å². The van der Waals surface area contributed by atoms with Crippen molar-refractivity contribution in [3.8, 4) is 5.75 Å². The van der Waals surface area contributed by atoms with Crippen LogP contribution in [0.25, 0.3) is 5.70 Å². The minimum atomic E-state index is -0.740. The van der Waals surface area contributed by atoms with E-state index in [4.69, 9.17) is 21.7 Å². The predicted molar refractivity (Wildman–Crippen MR) is 148 cm³/mol. The summed E-state index contributed by atoms with van der Waals surface area (Å²) in [6.45, 7) is 5.67. The summed E-state index contributed by atoms with van der Waals surface area (Å²) in [5, 5.41) is 9.85. The number of hydrogen-bond acceptors (Lipinski definition) is 5. The van der Waals surface area contributed by atoms with Gasteiger partial charge in [0.1, 0.15) is 5.75 Å². The van der Waals surface area contributed by atoms with Gasteiger partial charge in [-0.25, -0.2) is 4.79 Å². The molecule has 0 spiro atoms. The van der Waals surface area contributed by atoms with Gasteiger partial charge in [-0.1, -0.05) is 60.2 Å². The zero-order valence-electron chi connectivity index (χ0n) is 20.9. The molecule has 3 aromatic carbocycles. The molecule has 2 atom stereocenters. The van der Waals surface area contributed by atoms with Gasteiger partial charge in [-0.2, -0.15) is 0 Å². The van der Waals surface area contributed by atoms with Crippen LogP contribution in [0.15, 0.2) is 84.4 Å². The van der Waals surface area contributed by atoms with Crippen molar-refractivity contribution < 1.29 is 19.1 Å². The lowest BCUT2D eigenvalue weighted by atomic mass is 9.92. The molecule has 8 heteroatoms. The van der Waals surface area contributed by atoms with Gasteiger partial charge in [-0.05, 0) is 68.4 Å². The lowest BCUT2D eigenvalue weighted by Gasteiger charge is -2.32. The fourth-order valence-corrected chi connectivity index (χ4v) is 4.20.